The van der Waals surface area contributed by atoms with E-state index in [0.29, 0.717) is 24.4 Å². The Morgan fingerprint density at radius 2 is 1.86 bits per heavy atom. The van der Waals surface area contributed by atoms with Gasteiger partial charge < -0.3 is 11.1 Å². The molecule has 0 bridgehead atoms. The highest BCUT2D eigenvalue weighted by Crippen LogP contribution is 2.24. The van der Waals surface area contributed by atoms with Gasteiger partial charge in [-0.25, -0.2) is 12.7 Å². The van der Waals surface area contributed by atoms with E-state index in [9.17, 15) is 18.0 Å². The topological polar surface area (TPSA) is 110 Å². The van der Waals surface area contributed by atoms with Crippen molar-refractivity contribution in [2.75, 3.05) is 20.1 Å². The summed E-state index contributed by atoms with van der Waals surface area (Å²) >= 11 is 0. The lowest BCUT2D eigenvalue weighted by Gasteiger charge is -2.20. The molecule has 1 amide bonds. The van der Waals surface area contributed by atoms with Gasteiger partial charge in [-0.1, -0.05) is 18.6 Å². The number of hydrogen-bond acceptors (Lipinski definition) is 5. The van der Waals surface area contributed by atoms with Crippen molar-refractivity contribution < 1.29 is 18.0 Å². The molecule has 0 radical (unpaired) electrons. The lowest BCUT2D eigenvalue weighted by molar-refractivity contribution is -0.122. The largest absolute Gasteiger partial charge is 0.353 e. The van der Waals surface area contributed by atoms with Crippen LogP contribution in [0.1, 0.15) is 49.4 Å². The van der Waals surface area contributed by atoms with E-state index in [2.05, 4.69) is 5.32 Å². The Hall–Kier alpha value is -1.48. The van der Waals surface area contributed by atoms with Gasteiger partial charge in [0.15, 0.2) is 5.78 Å². The third-order valence-electron chi connectivity index (χ3n) is 5.15. The van der Waals surface area contributed by atoms with Crippen molar-refractivity contribution in [3.05, 3.63) is 29.8 Å². The number of halogens is 1. The van der Waals surface area contributed by atoms with Gasteiger partial charge in [-0.15, -0.1) is 12.4 Å². The summed E-state index contributed by atoms with van der Waals surface area (Å²) in [4.78, 5) is 23.6. The number of nitrogens with two attached hydrogens (primary N) is 1. The van der Waals surface area contributed by atoms with E-state index < -0.39 is 10.0 Å². The zero-order chi connectivity index (χ0) is 20.0. The summed E-state index contributed by atoms with van der Waals surface area (Å²) in [7, 11) is -2.15. The van der Waals surface area contributed by atoms with Crippen LogP contribution in [-0.4, -0.2) is 50.6 Å². The first-order chi connectivity index (χ1) is 12.8. The van der Waals surface area contributed by atoms with Crippen LogP contribution >= 0.6 is 12.4 Å². The Morgan fingerprint density at radius 3 is 2.43 bits per heavy atom. The number of benzene rings is 1. The maximum absolute atomic E-state index is 12.6. The van der Waals surface area contributed by atoms with Crippen LogP contribution in [0, 0.1) is 5.92 Å². The summed E-state index contributed by atoms with van der Waals surface area (Å²) in [6.07, 6.45) is 3.79. The zero-order valence-electron chi connectivity index (χ0n) is 16.4. The normalized spacial score (nSPS) is 19.3. The number of hydrogen-bond donors (Lipinski definition) is 2. The number of Topliss-reactive ketones (excluding diaryl/α,β-unsaturated/α-hetero) is 1. The molecule has 0 saturated heterocycles. The van der Waals surface area contributed by atoms with Crippen LogP contribution in [0.15, 0.2) is 29.2 Å². The number of nitrogens with zero attached hydrogens (tertiary/aromatic N) is 1. The molecule has 0 aromatic heterocycles. The van der Waals surface area contributed by atoms with E-state index in [1.165, 1.54) is 42.5 Å². The van der Waals surface area contributed by atoms with Gasteiger partial charge in [0.2, 0.25) is 15.9 Å². The quantitative estimate of drug-likeness (QED) is 0.581. The van der Waals surface area contributed by atoms with Crippen LogP contribution in [0.3, 0.4) is 0 Å². The third-order valence-corrected chi connectivity index (χ3v) is 7.03. The van der Waals surface area contributed by atoms with Crippen LogP contribution < -0.4 is 11.1 Å². The Kier molecular flexibility index (Phi) is 9.56. The average molecular weight is 432 g/mol. The minimum absolute atomic E-state index is 0. The van der Waals surface area contributed by atoms with Crippen LogP contribution in [0.5, 0.6) is 0 Å². The molecule has 2 unspecified atom stereocenters. The predicted molar refractivity (Wildman–Crippen MR) is 111 cm³/mol. The van der Waals surface area contributed by atoms with Gasteiger partial charge >= 0.3 is 0 Å². The van der Waals surface area contributed by atoms with Gasteiger partial charge in [-0.2, -0.15) is 0 Å². The zero-order valence-corrected chi connectivity index (χ0v) is 18.0. The van der Waals surface area contributed by atoms with Crippen molar-refractivity contribution in [1.82, 2.24) is 9.62 Å². The first kappa shape index (κ1) is 24.6. The molecule has 1 aromatic carbocycles. The second-order valence-electron chi connectivity index (χ2n) is 7.11. The highest BCUT2D eigenvalue weighted by Gasteiger charge is 2.27. The molecule has 2 atom stereocenters. The molecule has 158 valence electrons. The summed E-state index contributed by atoms with van der Waals surface area (Å²) in [5.41, 5.74) is 6.19. The number of sulfonamides is 1. The van der Waals surface area contributed by atoms with Crippen molar-refractivity contribution in [2.24, 2.45) is 11.7 Å². The molecule has 1 aromatic rings. The second-order valence-corrected chi connectivity index (χ2v) is 9.16. The highest BCUT2D eigenvalue weighted by molar-refractivity contribution is 7.89. The number of carbonyl (C=O) groups is 2. The van der Waals surface area contributed by atoms with Crippen LogP contribution in [0.2, 0.25) is 0 Å². The van der Waals surface area contributed by atoms with E-state index in [1.54, 1.807) is 0 Å². The third kappa shape index (κ3) is 6.27. The van der Waals surface area contributed by atoms with Gasteiger partial charge in [0.25, 0.3) is 0 Å². The molecule has 0 spiro atoms. The second kappa shape index (κ2) is 10.9. The van der Waals surface area contributed by atoms with Gasteiger partial charge in [0.1, 0.15) is 0 Å². The Labute approximate surface area is 173 Å². The molecule has 1 aliphatic carbocycles. The molecular formula is C19H30ClN3O4S. The number of carbonyl (C=O) groups excluding carboxylic acids is 2. The summed E-state index contributed by atoms with van der Waals surface area (Å²) in [5.74, 6) is 0.171. The molecule has 2 rings (SSSR count). The molecule has 7 nitrogen and oxygen atoms in total. The fourth-order valence-corrected chi connectivity index (χ4v) is 4.62. The van der Waals surface area contributed by atoms with Crippen LogP contribution in [0.25, 0.3) is 0 Å². The fraction of sp³-hybridized carbons (Fsp3) is 0.579. The minimum atomic E-state index is -3.64. The fourth-order valence-electron chi connectivity index (χ4n) is 3.41. The minimum Gasteiger partial charge on any atom is -0.353 e. The van der Waals surface area contributed by atoms with Crippen LogP contribution in [-0.2, 0) is 14.8 Å². The maximum Gasteiger partial charge on any atom is 0.242 e. The Balaban J connectivity index is 0.00000392. The summed E-state index contributed by atoms with van der Waals surface area (Å²) < 4.78 is 26.4. The number of nitrogens with one attached hydrogen (secondary N) is 1. The predicted octanol–water partition coefficient (Wildman–Crippen LogP) is 1.96. The SMILES string of the molecule is CC(=O)c1ccc(S(=O)(=O)N(C)CCCC(=O)NC2CCCC2CN)cc1.Cl. The maximum atomic E-state index is 12.6. The van der Waals surface area contributed by atoms with E-state index in [-0.39, 0.29) is 48.0 Å². The molecule has 1 saturated carbocycles. The first-order valence-corrected chi connectivity index (χ1v) is 10.8. The van der Waals surface area contributed by atoms with E-state index in [1.807, 2.05) is 0 Å². The summed E-state index contributed by atoms with van der Waals surface area (Å²) in [6.45, 7) is 2.26. The van der Waals surface area contributed by atoms with Gasteiger partial charge in [0, 0.05) is 31.6 Å². The number of rotatable bonds is 9. The van der Waals surface area contributed by atoms with Crippen molar-refractivity contribution in [2.45, 2.75) is 50.0 Å². The summed E-state index contributed by atoms with van der Waals surface area (Å²) in [6, 6.07) is 6.02. The van der Waals surface area contributed by atoms with Gasteiger partial charge in [0.05, 0.1) is 4.90 Å². The monoisotopic (exact) mass is 431 g/mol. The van der Waals surface area contributed by atoms with Crippen molar-refractivity contribution >= 4 is 34.1 Å². The van der Waals surface area contributed by atoms with E-state index >= 15 is 0 Å². The lowest BCUT2D eigenvalue weighted by Crippen LogP contribution is -2.40. The molecule has 3 N–H and O–H groups in total. The van der Waals surface area contributed by atoms with E-state index in [4.69, 9.17) is 5.73 Å². The lowest BCUT2D eigenvalue weighted by atomic mass is 10.0. The van der Waals surface area contributed by atoms with Crippen molar-refractivity contribution in [3.63, 3.8) is 0 Å². The molecule has 1 fully saturated rings. The molecule has 1 aliphatic rings. The van der Waals surface area contributed by atoms with Crippen LogP contribution in [0.4, 0.5) is 0 Å². The average Bonchev–Trinajstić information content (AvgIpc) is 3.08. The van der Waals surface area contributed by atoms with Crippen molar-refractivity contribution in [1.29, 1.82) is 0 Å². The Bertz CT molecular complexity index is 768. The summed E-state index contributed by atoms with van der Waals surface area (Å²) in [5, 5.41) is 3.02. The number of ketones is 1. The Morgan fingerprint density at radius 1 is 1.21 bits per heavy atom. The molecule has 28 heavy (non-hydrogen) atoms. The highest BCUT2D eigenvalue weighted by atomic mass is 35.5. The standard InChI is InChI=1S/C19H29N3O4S.ClH/c1-14(23)15-8-10-17(11-9-15)27(25,26)22(2)12-4-7-19(24)21-18-6-3-5-16(18)13-20;/h8-11,16,18H,3-7,12-13,20H2,1-2H3,(H,21,24);1H. The molecule has 0 aliphatic heterocycles. The van der Waals surface area contributed by atoms with Gasteiger partial charge in [-0.05, 0) is 50.8 Å². The molecular weight excluding hydrogens is 402 g/mol. The number of amides is 1. The molecule has 0 heterocycles. The van der Waals surface area contributed by atoms with E-state index in [0.717, 1.165) is 19.3 Å². The van der Waals surface area contributed by atoms with Crippen molar-refractivity contribution in [3.8, 4) is 0 Å². The first-order valence-electron chi connectivity index (χ1n) is 9.32. The molecule has 9 heteroatoms. The van der Waals surface area contributed by atoms with Gasteiger partial charge in [-0.3, -0.25) is 9.59 Å². The smallest absolute Gasteiger partial charge is 0.242 e.